The van der Waals surface area contributed by atoms with Crippen LogP contribution in [0.3, 0.4) is 0 Å². The zero-order chi connectivity index (χ0) is 16.2. The van der Waals surface area contributed by atoms with Crippen molar-refractivity contribution in [1.82, 2.24) is 9.80 Å². The molecule has 0 aromatic heterocycles. The smallest absolute Gasteiger partial charge is 0.254 e. The predicted molar refractivity (Wildman–Crippen MR) is 82.2 cm³/mol. The van der Waals surface area contributed by atoms with Crippen molar-refractivity contribution in [2.24, 2.45) is 0 Å². The molecule has 6 nitrogen and oxygen atoms in total. The minimum Gasteiger partial charge on any atom is -0.496 e. The van der Waals surface area contributed by atoms with Crippen LogP contribution in [-0.4, -0.2) is 60.2 Å². The molecule has 2 amide bonds. The average Bonchev–Trinajstić information content (AvgIpc) is 3.18. The van der Waals surface area contributed by atoms with Gasteiger partial charge < -0.3 is 19.3 Å². The quantitative estimate of drug-likeness (QED) is 0.822. The molecule has 6 heteroatoms. The Morgan fingerprint density at radius 2 is 2.22 bits per heavy atom. The topological polar surface area (TPSA) is 59.1 Å². The van der Waals surface area contributed by atoms with E-state index in [1.54, 1.807) is 13.2 Å². The van der Waals surface area contributed by atoms with Crippen LogP contribution in [0.1, 0.15) is 28.8 Å². The molecule has 0 N–H and O–H groups in total. The lowest BCUT2D eigenvalue weighted by atomic mass is 10.1. The molecular formula is C17H20N2O4. The van der Waals surface area contributed by atoms with Gasteiger partial charge in [0.15, 0.2) is 5.72 Å². The molecule has 2 atom stereocenters. The van der Waals surface area contributed by atoms with E-state index in [2.05, 4.69) is 0 Å². The van der Waals surface area contributed by atoms with Crippen molar-refractivity contribution in [3.05, 3.63) is 29.3 Å². The number of methoxy groups -OCH3 is 1. The Morgan fingerprint density at radius 3 is 2.96 bits per heavy atom. The maximum Gasteiger partial charge on any atom is 0.254 e. The molecular weight excluding hydrogens is 296 g/mol. The first-order valence-electron chi connectivity index (χ1n) is 7.97. The Kier molecular flexibility index (Phi) is 3.13. The summed E-state index contributed by atoms with van der Waals surface area (Å²) in [6.07, 6.45) is 1.06. The van der Waals surface area contributed by atoms with E-state index in [0.717, 1.165) is 11.3 Å². The lowest BCUT2D eigenvalue weighted by Gasteiger charge is -2.31. The molecule has 23 heavy (non-hydrogen) atoms. The van der Waals surface area contributed by atoms with Crippen LogP contribution >= 0.6 is 0 Å². The normalized spacial score (nSPS) is 29.0. The largest absolute Gasteiger partial charge is 0.496 e. The van der Waals surface area contributed by atoms with Crippen LogP contribution in [0.4, 0.5) is 0 Å². The zero-order valence-electron chi connectivity index (χ0n) is 13.4. The van der Waals surface area contributed by atoms with Gasteiger partial charge in [0.25, 0.3) is 5.91 Å². The highest BCUT2D eigenvalue weighted by Crippen LogP contribution is 2.45. The molecule has 3 fully saturated rings. The second kappa shape index (κ2) is 4.96. The highest BCUT2D eigenvalue weighted by atomic mass is 16.5. The van der Waals surface area contributed by atoms with Gasteiger partial charge in [-0.25, -0.2) is 0 Å². The Hall–Kier alpha value is -2.08. The molecule has 0 unspecified atom stereocenters. The van der Waals surface area contributed by atoms with E-state index in [1.807, 2.05) is 28.9 Å². The Labute approximate surface area is 134 Å². The van der Waals surface area contributed by atoms with Gasteiger partial charge in [0.05, 0.1) is 26.2 Å². The second-order valence-corrected chi connectivity index (χ2v) is 6.39. The average molecular weight is 316 g/mol. The number of hydrogen-bond acceptors (Lipinski definition) is 4. The van der Waals surface area contributed by atoms with E-state index in [-0.39, 0.29) is 17.9 Å². The first-order chi connectivity index (χ1) is 11.1. The number of carbonyl (C=O) groups excluding carboxylic acids is 2. The van der Waals surface area contributed by atoms with Gasteiger partial charge in [0.1, 0.15) is 5.75 Å². The number of aryl methyl sites for hydroxylation is 1. The fourth-order valence-electron chi connectivity index (χ4n) is 4.21. The van der Waals surface area contributed by atoms with Crippen LogP contribution in [0.15, 0.2) is 18.2 Å². The van der Waals surface area contributed by atoms with Crippen molar-refractivity contribution in [3.63, 3.8) is 0 Å². The van der Waals surface area contributed by atoms with E-state index >= 15 is 0 Å². The molecule has 3 heterocycles. The minimum absolute atomic E-state index is 0.0391. The summed E-state index contributed by atoms with van der Waals surface area (Å²) in [5, 5.41) is 0. The van der Waals surface area contributed by atoms with Crippen molar-refractivity contribution in [2.75, 3.05) is 26.8 Å². The van der Waals surface area contributed by atoms with E-state index < -0.39 is 5.72 Å². The number of rotatable bonds is 2. The molecule has 0 radical (unpaired) electrons. The molecule has 0 aliphatic carbocycles. The summed E-state index contributed by atoms with van der Waals surface area (Å²) in [6, 6.07) is 5.26. The Balaban J connectivity index is 1.63. The molecule has 3 saturated heterocycles. The summed E-state index contributed by atoms with van der Waals surface area (Å²) in [5.74, 6) is 0.819. The van der Waals surface area contributed by atoms with Gasteiger partial charge in [-0.1, -0.05) is 0 Å². The molecule has 1 aromatic rings. The number of amides is 2. The third kappa shape index (κ3) is 1.91. The van der Waals surface area contributed by atoms with Crippen molar-refractivity contribution < 1.29 is 19.1 Å². The van der Waals surface area contributed by atoms with Crippen LogP contribution in [0.2, 0.25) is 0 Å². The second-order valence-electron chi connectivity index (χ2n) is 6.39. The lowest BCUT2D eigenvalue weighted by molar-refractivity contribution is -0.136. The summed E-state index contributed by atoms with van der Waals surface area (Å²) < 4.78 is 11.2. The van der Waals surface area contributed by atoms with Gasteiger partial charge in [0, 0.05) is 25.1 Å². The third-order valence-corrected chi connectivity index (χ3v) is 5.30. The molecule has 0 saturated carbocycles. The molecule has 122 valence electrons. The van der Waals surface area contributed by atoms with E-state index in [1.165, 1.54) is 0 Å². The van der Waals surface area contributed by atoms with Crippen LogP contribution < -0.4 is 4.74 Å². The van der Waals surface area contributed by atoms with E-state index in [0.29, 0.717) is 38.1 Å². The third-order valence-electron chi connectivity index (χ3n) is 5.30. The molecule has 3 aliphatic heterocycles. The van der Waals surface area contributed by atoms with Crippen molar-refractivity contribution in [1.29, 1.82) is 0 Å². The number of hydrogen-bond donors (Lipinski definition) is 0. The van der Waals surface area contributed by atoms with Crippen LogP contribution in [0.25, 0.3) is 0 Å². The monoisotopic (exact) mass is 316 g/mol. The Bertz CT molecular complexity index is 689. The first-order valence-corrected chi connectivity index (χ1v) is 7.97. The lowest BCUT2D eigenvalue weighted by Crippen LogP contribution is -2.48. The fourth-order valence-corrected chi connectivity index (χ4v) is 4.21. The van der Waals surface area contributed by atoms with Gasteiger partial charge in [-0.05, 0) is 30.7 Å². The molecule has 1 aromatic carbocycles. The summed E-state index contributed by atoms with van der Waals surface area (Å²) >= 11 is 0. The van der Waals surface area contributed by atoms with Gasteiger partial charge in [-0.15, -0.1) is 0 Å². The van der Waals surface area contributed by atoms with Crippen molar-refractivity contribution in [3.8, 4) is 5.75 Å². The van der Waals surface area contributed by atoms with E-state index in [9.17, 15) is 9.59 Å². The number of benzene rings is 1. The summed E-state index contributed by atoms with van der Waals surface area (Å²) in [4.78, 5) is 28.8. The number of likely N-dealkylation sites (tertiary alicyclic amines) is 1. The molecule has 0 bridgehead atoms. The van der Waals surface area contributed by atoms with Gasteiger partial charge in [-0.2, -0.15) is 0 Å². The highest BCUT2D eigenvalue weighted by Gasteiger charge is 2.62. The SMILES string of the molecule is COc1ccc(C(=O)N2CC[C@@]34OCCN3C(=O)C[C@@H]24)cc1C. The fraction of sp³-hybridized carbons (Fsp3) is 0.529. The van der Waals surface area contributed by atoms with Gasteiger partial charge >= 0.3 is 0 Å². The van der Waals surface area contributed by atoms with Crippen molar-refractivity contribution in [2.45, 2.75) is 31.5 Å². The van der Waals surface area contributed by atoms with Crippen LogP contribution in [0, 0.1) is 6.92 Å². The highest BCUT2D eigenvalue weighted by molar-refractivity contribution is 5.96. The van der Waals surface area contributed by atoms with Crippen LogP contribution in [0.5, 0.6) is 5.75 Å². The summed E-state index contributed by atoms with van der Waals surface area (Å²) in [7, 11) is 1.62. The molecule has 3 aliphatic rings. The minimum atomic E-state index is -0.575. The predicted octanol–water partition coefficient (Wildman–Crippen LogP) is 1.18. The molecule has 1 spiro atoms. The van der Waals surface area contributed by atoms with Gasteiger partial charge in [0.2, 0.25) is 5.91 Å². The maximum atomic E-state index is 12.9. The summed E-state index contributed by atoms with van der Waals surface area (Å²) in [5.41, 5.74) is 0.978. The van der Waals surface area contributed by atoms with Crippen LogP contribution in [-0.2, 0) is 9.53 Å². The van der Waals surface area contributed by atoms with E-state index in [4.69, 9.17) is 9.47 Å². The Morgan fingerprint density at radius 1 is 1.39 bits per heavy atom. The van der Waals surface area contributed by atoms with Gasteiger partial charge in [-0.3, -0.25) is 9.59 Å². The zero-order valence-corrected chi connectivity index (χ0v) is 13.4. The standard InChI is InChI=1S/C17H20N2O4/c1-11-9-12(3-4-13(11)22-2)16(21)18-6-5-17-14(18)10-15(20)19(17)7-8-23-17/h3-4,9,14H,5-8,10H2,1-2H3/t14-,17+/m1/s1. The number of nitrogens with zero attached hydrogens (tertiary/aromatic N) is 2. The number of carbonyl (C=O) groups is 2. The maximum absolute atomic E-state index is 12.9. The first kappa shape index (κ1) is 14.5. The summed E-state index contributed by atoms with van der Waals surface area (Å²) in [6.45, 7) is 3.74. The van der Waals surface area contributed by atoms with Crippen molar-refractivity contribution >= 4 is 11.8 Å². The molecule has 4 rings (SSSR count). The number of ether oxygens (including phenoxy) is 2.